The van der Waals surface area contributed by atoms with E-state index in [1.54, 1.807) is 18.2 Å². The van der Waals surface area contributed by atoms with Gasteiger partial charge < -0.3 is 10.4 Å². The molecule has 1 unspecified atom stereocenters. The highest BCUT2D eigenvalue weighted by Gasteiger charge is 2.24. The van der Waals surface area contributed by atoms with E-state index in [0.29, 0.717) is 5.69 Å². The molecular formula is C24H23NO3. The van der Waals surface area contributed by atoms with Crippen molar-refractivity contribution in [1.29, 1.82) is 0 Å². The molecule has 2 N–H and O–H groups in total. The van der Waals surface area contributed by atoms with Gasteiger partial charge in [0.25, 0.3) is 0 Å². The summed E-state index contributed by atoms with van der Waals surface area (Å²) in [6, 6.07) is 16.6. The summed E-state index contributed by atoms with van der Waals surface area (Å²) in [5.74, 6) is -1.41. The second kappa shape index (κ2) is 8.53. The molecule has 0 aliphatic heterocycles. The Kier molecular flexibility index (Phi) is 5.90. The van der Waals surface area contributed by atoms with Crippen LogP contribution in [0.2, 0.25) is 0 Å². The van der Waals surface area contributed by atoms with Crippen molar-refractivity contribution in [1.82, 2.24) is 0 Å². The summed E-state index contributed by atoms with van der Waals surface area (Å²) < 4.78 is 0. The lowest BCUT2D eigenvalue weighted by atomic mass is 9.77. The Bertz CT molecular complexity index is 957. The van der Waals surface area contributed by atoms with E-state index >= 15 is 0 Å². The topological polar surface area (TPSA) is 66.4 Å². The summed E-state index contributed by atoms with van der Waals surface area (Å²) in [4.78, 5) is 23.6. The third kappa shape index (κ3) is 4.46. The van der Waals surface area contributed by atoms with Crippen LogP contribution in [0.3, 0.4) is 0 Å². The SMILES string of the molecule is CCC1(/C=C/C(=O)Nc2ccccc2C(=O)O)C=CC(c2ccccc2)=CC1. The Hall–Kier alpha value is -3.40. The third-order valence-electron chi connectivity index (χ3n) is 5.04. The van der Waals surface area contributed by atoms with E-state index in [1.807, 2.05) is 24.3 Å². The van der Waals surface area contributed by atoms with Gasteiger partial charge in [-0.05, 0) is 36.1 Å². The molecule has 2 aromatic carbocycles. The highest BCUT2D eigenvalue weighted by molar-refractivity contribution is 6.04. The van der Waals surface area contributed by atoms with E-state index < -0.39 is 5.97 Å². The quantitative estimate of drug-likeness (QED) is 0.674. The minimum atomic E-state index is -1.07. The monoisotopic (exact) mass is 373 g/mol. The smallest absolute Gasteiger partial charge is 0.337 e. The maximum atomic E-state index is 12.3. The molecule has 0 saturated heterocycles. The molecule has 0 spiro atoms. The van der Waals surface area contributed by atoms with Gasteiger partial charge in [0, 0.05) is 11.5 Å². The van der Waals surface area contributed by atoms with Crippen LogP contribution in [0.25, 0.3) is 5.57 Å². The molecule has 1 amide bonds. The first-order valence-corrected chi connectivity index (χ1v) is 9.30. The number of hydrogen-bond acceptors (Lipinski definition) is 2. The van der Waals surface area contributed by atoms with Crippen LogP contribution < -0.4 is 5.32 Å². The minimum Gasteiger partial charge on any atom is -0.478 e. The molecule has 4 heteroatoms. The molecular weight excluding hydrogens is 350 g/mol. The second-order valence-corrected chi connectivity index (χ2v) is 6.82. The molecule has 0 aromatic heterocycles. The van der Waals surface area contributed by atoms with E-state index in [-0.39, 0.29) is 16.9 Å². The third-order valence-corrected chi connectivity index (χ3v) is 5.04. The maximum Gasteiger partial charge on any atom is 0.337 e. The van der Waals surface area contributed by atoms with Crippen LogP contribution in [0, 0.1) is 5.41 Å². The first-order valence-electron chi connectivity index (χ1n) is 9.30. The fraction of sp³-hybridized carbons (Fsp3) is 0.167. The summed E-state index contributed by atoms with van der Waals surface area (Å²) in [6.07, 6.45) is 11.5. The fourth-order valence-corrected chi connectivity index (χ4v) is 3.23. The highest BCUT2D eigenvalue weighted by Crippen LogP contribution is 2.37. The Morgan fingerprint density at radius 3 is 2.46 bits per heavy atom. The normalized spacial score (nSPS) is 18.7. The molecule has 1 aliphatic rings. The van der Waals surface area contributed by atoms with E-state index in [9.17, 15) is 14.7 Å². The molecule has 1 aliphatic carbocycles. The Labute approximate surface area is 164 Å². The lowest BCUT2D eigenvalue weighted by Gasteiger charge is -2.28. The van der Waals surface area contributed by atoms with Crippen LogP contribution in [0.4, 0.5) is 5.69 Å². The van der Waals surface area contributed by atoms with Crippen LogP contribution in [0.1, 0.15) is 35.7 Å². The second-order valence-electron chi connectivity index (χ2n) is 6.82. The predicted molar refractivity (Wildman–Crippen MR) is 112 cm³/mol. The van der Waals surface area contributed by atoms with E-state index in [0.717, 1.165) is 12.8 Å². The Morgan fingerprint density at radius 1 is 1.11 bits per heavy atom. The van der Waals surface area contributed by atoms with Crippen molar-refractivity contribution in [2.75, 3.05) is 5.32 Å². The molecule has 0 saturated carbocycles. The number of carbonyl (C=O) groups is 2. The molecule has 0 heterocycles. The number of carboxylic acid groups (broad SMARTS) is 1. The highest BCUT2D eigenvalue weighted by atomic mass is 16.4. The lowest BCUT2D eigenvalue weighted by molar-refractivity contribution is -0.112. The average molecular weight is 373 g/mol. The van der Waals surface area contributed by atoms with Crippen LogP contribution in [0.5, 0.6) is 0 Å². The van der Waals surface area contributed by atoms with Crippen molar-refractivity contribution in [2.24, 2.45) is 5.41 Å². The largest absolute Gasteiger partial charge is 0.478 e. The lowest BCUT2D eigenvalue weighted by Crippen LogP contribution is -2.17. The van der Waals surface area contributed by atoms with Crippen molar-refractivity contribution in [3.8, 4) is 0 Å². The van der Waals surface area contributed by atoms with Gasteiger partial charge >= 0.3 is 5.97 Å². The number of rotatable bonds is 6. The first kappa shape index (κ1) is 19.4. The molecule has 4 nitrogen and oxygen atoms in total. The van der Waals surface area contributed by atoms with Gasteiger partial charge in [-0.1, -0.05) is 73.7 Å². The number of benzene rings is 2. The van der Waals surface area contributed by atoms with Crippen molar-refractivity contribution in [2.45, 2.75) is 19.8 Å². The number of allylic oxidation sites excluding steroid dienone is 5. The van der Waals surface area contributed by atoms with Crippen LogP contribution >= 0.6 is 0 Å². The predicted octanol–water partition coefficient (Wildman–Crippen LogP) is 5.32. The molecule has 0 bridgehead atoms. The van der Waals surface area contributed by atoms with Crippen LogP contribution in [-0.4, -0.2) is 17.0 Å². The zero-order chi connectivity index (χ0) is 20.0. The zero-order valence-electron chi connectivity index (χ0n) is 15.8. The zero-order valence-corrected chi connectivity index (χ0v) is 15.8. The van der Waals surface area contributed by atoms with Gasteiger partial charge in [-0.25, -0.2) is 4.79 Å². The molecule has 1 atom stereocenters. The van der Waals surface area contributed by atoms with Crippen molar-refractivity contribution in [3.63, 3.8) is 0 Å². The number of anilines is 1. The standard InChI is InChI=1S/C24H23NO3/c1-2-24(15-12-19(13-16-24)18-8-4-3-5-9-18)17-14-22(26)25-21-11-7-6-10-20(21)23(27)28/h3-15,17H,2,16H2,1H3,(H,25,26)(H,27,28)/b17-14+. The molecule has 3 rings (SSSR count). The molecule has 2 aromatic rings. The van der Waals surface area contributed by atoms with Gasteiger partial charge in [-0.2, -0.15) is 0 Å². The molecule has 0 radical (unpaired) electrons. The average Bonchev–Trinajstić information content (AvgIpc) is 2.73. The van der Waals surface area contributed by atoms with E-state index in [1.165, 1.54) is 23.3 Å². The van der Waals surface area contributed by atoms with Crippen LogP contribution in [-0.2, 0) is 4.79 Å². The number of carboxylic acids is 1. The summed E-state index contributed by atoms with van der Waals surface area (Å²) in [5, 5.41) is 11.9. The number of nitrogens with one attached hydrogen (secondary N) is 1. The van der Waals surface area contributed by atoms with Gasteiger partial charge in [0.05, 0.1) is 11.3 Å². The van der Waals surface area contributed by atoms with Crippen LogP contribution in [0.15, 0.2) is 85.0 Å². The number of para-hydroxylation sites is 1. The summed E-state index contributed by atoms with van der Waals surface area (Å²) in [5.41, 5.74) is 2.50. The van der Waals surface area contributed by atoms with E-state index in [4.69, 9.17) is 0 Å². The van der Waals surface area contributed by atoms with E-state index in [2.05, 4.69) is 42.6 Å². The summed E-state index contributed by atoms with van der Waals surface area (Å²) in [7, 11) is 0. The Balaban J connectivity index is 1.71. The Morgan fingerprint density at radius 2 is 1.82 bits per heavy atom. The molecule has 28 heavy (non-hydrogen) atoms. The van der Waals surface area contributed by atoms with Crippen molar-refractivity contribution < 1.29 is 14.7 Å². The van der Waals surface area contributed by atoms with Crippen molar-refractivity contribution >= 4 is 23.1 Å². The van der Waals surface area contributed by atoms with Gasteiger partial charge in [0.2, 0.25) is 5.91 Å². The fourth-order valence-electron chi connectivity index (χ4n) is 3.23. The summed E-state index contributed by atoms with van der Waals surface area (Å²) >= 11 is 0. The van der Waals surface area contributed by atoms with Gasteiger partial charge in [0.1, 0.15) is 0 Å². The molecule has 142 valence electrons. The van der Waals surface area contributed by atoms with Crippen molar-refractivity contribution in [3.05, 3.63) is 96.1 Å². The van der Waals surface area contributed by atoms with Gasteiger partial charge in [0.15, 0.2) is 0 Å². The van der Waals surface area contributed by atoms with Gasteiger partial charge in [-0.3, -0.25) is 4.79 Å². The van der Waals surface area contributed by atoms with Gasteiger partial charge in [-0.15, -0.1) is 0 Å². The molecule has 0 fully saturated rings. The number of carbonyl (C=O) groups excluding carboxylic acids is 1. The summed E-state index contributed by atoms with van der Waals surface area (Å²) in [6.45, 7) is 2.09. The first-order chi connectivity index (χ1) is 13.5. The number of hydrogen-bond donors (Lipinski definition) is 2. The number of aromatic carboxylic acids is 1. The number of amides is 1. The minimum absolute atomic E-state index is 0.0717. The maximum absolute atomic E-state index is 12.3.